The molecule has 27 heavy (non-hydrogen) atoms. The van der Waals surface area contributed by atoms with Crippen LogP contribution in [0.4, 0.5) is 0 Å². The van der Waals surface area contributed by atoms with E-state index < -0.39 is 0 Å². The summed E-state index contributed by atoms with van der Waals surface area (Å²) in [7, 11) is 0. The van der Waals surface area contributed by atoms with Crippen LogP contribution in [0.2, 0.25) is 5.02 Å². The molecule has 0 spiro atoms. The maximum Gasteiger partial charge on any atom is 0.251 e. The third-order valence-corrected chi connectivity index (χ3v) is 5.20. The lowest BCUT2D eigenvalue weighted by Crippen LogP contribution is -2.31. The second kappa shape index (κ2) is 8.57. The molecular weight excluding hydrogens is 360 g/mol. The molecule has 2 amide bonds. The molecule has 1 unspecified atom stereocenters. The van der Waals surface area contributed by atoms with Gasteiger partial charge in [0.25, 0.3) is 5.91 Å². The van der Waals surface area contributed by atoms with Crippen molar-refractivity contribution in [3.63, 3.8) is 0 Å². The van der Waals surface area contributed by atoms with Crippen molar-refractivity contribution in [3.8, 4) is 0 Å². The second-order valence-corrected chi connectivity index (χ2v) is 7.80. The van der Waals surface area contributed by atoms with Gasteiger partial charge in [0.15, 0.2) is 0 Å². The highest BCUT2D eigenvalue weighted by Crippen LogP contribution is 2.24. The van der Waals surface area contributed by atoms with Crippen LogP contribution < -0.4 is 5.32 Å². The number of nitrogens with one attached hydrogen (secondary N) is 1. The maximum absolute atomic E-state index is 12.7. The first-order valence-electron chi connectivity index (χ1n) is 9.37. The lowest BCUT2D eigenvalue weighted by molar-refractivity contribution is -0.128. The zero-order valence-electron chi connectivity index (χ0n) is 15.7. The first-order chi connectivity index (χ1) is 12.9. The number of likely N-dealkylation sites (tertiary alicyclic amines) is 1. The number of halogens is 1. The van der Waals surface area contributed by atoms with E-state index in [1.165, 1.54) is 0 Å². The maximum atomic E-state index is 12.7. The summed E-state index contributed by atoms with van der Waals surface area (Å²) in [5.41, 5.74) is 2.69. The van der Waals surface area contributed by atoms with E-state index in [9.17, 15) is 9.59 Å². The molecule has 0 radical (unpaired) electrons. The number of carbonyl (C=O) groups excluding carboxylic acids is 2. The van der Waals surface area contributed by atoms with E-state index in [2.05, 4.69) is 19.2 Å². The molecular formula is C22H25ClN2O2. The van der Waals surface area contributed by atoms with Gasteiger partial charge in [0.1, 0.15) is 0 Å². The molecule has 1 atom stereocenters. The number of amides is 2. The van der Waals surface area contributed by atoms with E-state index in [0.717, 1.165) is 24.1 Å². The van der Waals surface area contributed by atoms with Crippen molar-refractivity contribution in [2.24, 2.45) is 5.92 Å². The molecule has 5 heteroatoms. The average molecular weight is 385 g/mol. The quantitative estimate of drug-likeness (QED) is 0.791. The Kier molecular flexibility index (Phi) is 6.17. The number of carbonyl (C=O) groups is 2. The Morgan fingerprint density at radius 2 is 1.78 bits per heavy atom. The van der Waals surface area contributed by atoms with E-state index in [0.29, 0.717) is 23.6 Å². The third-order valence-electron chi connectivity index (χ3n) is 4.94. The molecule has 1 aliphatic heterocycles. The molecule has 0 aliphatic carbocycles. The first-order valence-corrected chi connectivity index (χ1v) is 9.75. The summed E-state index contributed by atoms with van der Waals surface area (Å²) >= 11 is 5.97. The van der Waals surface area contributed by atoms with E-state index in [1.54, 1.807) is 0 Å². The fourth-order valence-corrected chi connectivity index (χ4v) is 3.51. The molecule has 1 N–H and O–H groups in total. The molecule has 3 rings (SSSR count). The van der Waals surface area contributed by atoms with Gasteiger partial charge in [-0.2, -0.15) is 0 Å². The van der Waals surface area contributed by atoms with Crippen LogP contribution in [0.5, 0.6) is 0 Å². The number of hydrogen-bond donors (Lipinski definition) is 1. The topological polar surface area (TPSA) is 49.4 Å². The minimum absolute atomic E-state index is 0.0864. The molecule has 1 aliphatic rings. The predicted octanol–water partition coefficient (Wildman–Crippen LogP) is 4.59. The van der Waals surface area contributed by atoms with E-state index in [1.807, 2.05) is 53.4 Å². The summed E-state index contributed by atoms with van der Waals surface area (Å²) in [6.45, 7) is 5.59. The fourth-order valence-electron chi connectivity index (χ4n) is 3.38. The standard InChI is InChI=1S/C22H25ClN2O2/c1-15(2)21(17-9-11-19(23)12-10-17)24-22(27)18-7-5-16(6-8-18)14-25-13-3-4-20(25)26/h5-12,15,21H,3-4,13-14H2,1-2H3,(H,24,27). The summed E-state index contributed by atoms with van der Waals surface area (Å²) in [5, 5.41) is 3.80. The highest BCUT2D eigenvalue weighted by Gasteiger charge is 2.21. The van der Waals surface area contributed by atoms with Crippen molar-refractivity contribution in [2.75, 3.05) is 6.54 Å². The van der Waals surface area contributed by atoms with Gasteiger partial charge in [0.05, 0.1) is 6.04 Å². The Morgan fingerprint density at radius 3 is 2.33 bits per heavy atom. The monoisotopic (exact) mass is 384 g/mol. The minimum atomic E-state index is -0.104. The molecule has 1 saturated heterocycles. The third kappa shape index (κ3) is 4.89. The summed E-state index contributed by atoms with van der Waals surface area (Å²) in [5.74, 6) is 0.350. The van der Waals surface area contributed by atoms with Crippen LogP contribution in [0, 0.1) is 5.92 Å². The Hall–Kier alpha value is -2.33. The molecule has 4 nitrogen and oxygen atoms in total. The number of nitrogens with zero attached hydrogens (tertiary/aromatic N) is 1. The fraction of sp³-hybridized carbons (Fsp3) is 0.364. The zero-order chi connectivity index (χ0) is 19.4. The Labute approximate surface area is 165 Å². The lowest BCUT2D eigenvalue weighted by Gasteiger charge is -2.23. The minimum Gasteiger partial charge on any atom is -0.345 e. The number of rotatable bonds is 6. The molecule has 0 bridgehead atoms. The van der Waals surface area contributed by atoms with Crippen molar-refractivity contribution in [2.45, 2.75) is 39.3 Å². The van der Waals surface area contributed by atoms with Crippen molar-refractivity contribution < 1.29 is 9.59 Å². The first kappa shape index (κ1) is 19.4. The lowest BCUT2D eigenvalue weighted by atomic mass is 9.95. The average Bonchev–Trinajstić information content (AvgIpc) is 3.05. The van der Waals surface area contributed by atoms with Crippen LogP contribution in [0.3, 0.4) is 0 Å². The van der Waals surface area contributed by atoms with Gasteiger partial charge in [0, 0.05) is 30.1 Å². The van der Waals surface area contributed by atoms with Crippen molar-refractivity contribution in [3.05, 3.63) is 70.2 Å². The van der Waals surface area contributed by atoms with E-state index >= 15 is 0 Å². The summed E-state index contributed by atoms with van der Waals surface area (Å²) < 4.78 is 0. The van der Waals surface area contributed by atoms with Gasteiger partial charge in [-0.15, -0.1) is 0 Å². The highest BCUT2D eigenvalue weighted by atomic mass is 35.5. The van der Waals surface area contributed by atoms with Crippen LogP contribution in [-0.2, 0) is 11.3 Å². The van der Waals surface area contributed by atoms with Crippen LogP contribution >= 0.6 is 11.6 Å². The zero-order valence-corrected chi connectivity index (χ0v) is 16.5. The van der Waals surface area contributed by atoms with Crippen LogP contribution in [0.1, 0.15) is 54.2 Å². The largest absolute Gasteiger partial charge is 0.345 e. The van der Waals surface area contributed by atoms with E-state index in [-0.39, 0.29) is 23.8 Å². The van der Waals surface area contributed by atoms with Crippen molar-refractivity contribution >= 4 is 23.4 Å². The molecule has 2 aromatic carbocycles. The molecule has 142 valence electrons. The van der Waals surface area contributed by atoms with Crippen molar-refractivity contribution in [1.29, 1.82) is 0 Å². The van der Waals surface area contributed by atoms with Gasteiger partial charge in [-0.3, -0.25) is 9.59 Å². The Bertz CT molecular complexity index is 800. The van der Waals surface area contributed by atoms with Gasteiger partial charge in [0.2, 0.25) is 5.91 Å². The second-order valence-electron chi connectivity index (χ2n) is 7.36. The van der Waals surface area contributed by atoms with Gasteiger partial charge >= 0.3 is 0 Å². The number of benzene rings is 2. The summed E-state index contributed by atoms with van der Waals surface area (Å²) in [4.78, 5) is 26.3. The van der Waals surface area contributed by atoms with Gasteiger partial charge < -0.3 is 10.2 Å². The van der Waals surface area contributed by atoms with Gasteiger partial charge in [-0.25, -0.2) is 0 Å². The summed E-state index contributed by atoms with van der Waals surface area (Å²) in [6.07, 6.45) is 1.57. The van der Waals surface area contributed by atoms with Crippen LogP contribution in [0.15, 0.2) is 48.5 Å². The summed E-state index contributed by atoms with van der Waals surface area (Å²) in [6, 6.07) is 15.0. The Morgan fingerprint density at radius 1 is 1.11 bits per heavy atom. The highest BCUT2D eigenvalue weighted by molar-refractivity contribution is 6.30. The van der Waals surface area contributed by atoms with E-state index in [4.69, 9.17) is 11.6 Å². The molecule has 2 aromatic rings. The molecule has 1 heterocycles. The predicted molar refractivity (Wildman–Crippen MR) is 108 cm³/mol. The van der Waals surface area contributed by atoms with Crippen molar-refractivity contribution in [1.82, 2.24) is 10.2 Å². The SMILES string of the molecule is CC(C)C(NC(=O)c1ccc(CN2CCCC2=O)cc1)c1ccc(Cl)cc1. The van der Waals surface area contributed by atoms with Crippen LogP contribution in [0.25, 0.3) is 0 Å². The smallest absolute Gasteiger partial charge is 0.251 e. The molecule has 0 saturated carbocycles. The van der Waals surface area contributed by atoms with Gasteiger partial charge in [-0.05, 0) is 47.7 Å². The number of hydrogen-bond acceptors (Lipinski definition) is 2. The molecule has 1 fully saturated rings. The van der Waals surface area contributed by atoms with Gasteiger partial charge in [-0.1, -0.05) is 49.7 Å². The normalized spacial score (nSPS) is 15.3. The van der Waals surface area contributed by atoms with Crippen LogP contribution in [-0.4, -0.2) is 23.3 Å². The Balaban J connectivity index is 1.67. The molecule has 0 aromatic heterocycles.